The van der Waals surface area contributed by atoms with Gasteiger partial charge < -0.3 is 0 Å². The van der Waals surface area contributed by atoms with E-state index in [4.69, 9.17) is 11.6 Å². The van der Waals surface area contributed by atoms with Gasteiger partial charge in [-0.25, -0.2) is 12.8 Å². The summed E-state index contributed by atoms with van der Waals surface area (Å²) in [6.45, 7) is 0.179. The average Bonchev–Trinajstić information content (AvgIpc) is 2.79. The van der Waals surface area contributed by atoms with Crippen LogP contribution in [0, 0.1) is 5.82 Å². The third kappa shape index (κ3) is 3.33. The smallest absolute Gasteiger partial charge is 0.207 e. The van der Waals surface area contributed by atoms with E-state index in [1.54, 1.807) is 18.2 Å². The average molecular weight is 320 g/mol. The number of thiophene rings is 1. The minimum absolute atomic E-state index is 0.179. The molecule has 3 nitrogen and oxygen atoms in total. The molecule has 0 radical (unpaired) electrons. The van der Waals surface area contributed by atoms with E-state index in [1.807, 2.05) is 0 Å². The van der Waals surface area contributed by atoms with Gasteiger partial charge in [-0.05, 0) is 29.8 Å². The van der Waals surface area contributed by atoms with Crippen LogP contribution in [0.15, 0.2) is 40.6 Å². The SMILES string of the molecule is CN(Cc1ccc(F)cc1)S(=O)(=O)c1ccc(Cl)s1. The Balaban J connectivity index is 2.19. The van der Waals surface area contributed by atoms with E-state index in [2.05, 4.69) is 0 Å². The quantitative estimate of drug-likeness (QED) is 0.866. The van der Waals surface area contributed by atoms with Gasteiger partial charge in [0, 0.05) is 13.6 Å². The molecule has 0 aliphatic heterocycles. The zero-order valence-corrected chi connectivity index (χ0v) is 12.4. The van der Waals surface area contributed by atoms with Crippen molar-refractivity contribution in [3.8, 4) is 0 Å². The van der Waals surface area contributed by atoms with Crippen LogP contribution in [-0.4, -0.2) is 19.8 Å². The summed E-state index contributed by atoms with van der Waals surface area (Å²) in [5.74, 6) is -0.348. The maximum Gasteiger partial charge on any atom is 0.252 e. The lowest BCUT2D eigenvalue weighted by Crippen LogP contribution is -2.25. The Morgan fingerprint density at radius 1 is 1.21 bits per heavy atom. The van der Waals surface area contributed by atoms with Crippen molar-refractivity contribution in [2.24, 2.45) is 0 Å². The minimum atomic E-state index is -3.55. The van der Waals surface area contributed by atoms with E-state index in [-0.39, 0.29) is 16.6 Å². The molecule has 0 aliphatic rings. The van der Waals surface area contributed by atoms with Gasteiger partial charge in [-0.3, -0.25) is 0 Å². The first kappa shape index (κ1) is 14.5. The Bertz CT molecular complexity index is 667. The molecule has 0 saturated heterocycles. The molecule has 1 aromatic heterocycles. The van der Waals surface area contributed by atoms with Crippen LogP contribution >= 0.6 is 22.9 Å². The second kappa shape index (κ2) is 5.58. The van der Waals surface area contributed by atoms with Gasteiger partial charge in [0.05, 0.1) is 4.34 Å². The summed E-state index contributed by atoms with van der Waals surface area (Å²) >= 11 is 6.75. The highest BCUT2D eigenvalue weighted by Gasteiger charge is 2.22. The fraction of sp³-hybridized carbons (Fsp3) is 0.167. The first-order valence-electron chi connectivity index (χ1n) is 5.36. The highest BCUT2D eigenvalue weighted by Crippen LogP contribution is 2.28. The van der Waals surface area contributed by atoms with Gasteiger partial charge in [0.25, 0.3) is 10.0 Å². The van der Waals surface area contributed by atoms with Gasteiger partial charge in [-0.1, -0.05) is 23.7 Å². The summed E-state index contributed by atoms with van der Waals surface area (Å²) in [5, 5.41) is 0. The highest BCUT2D eigenvalue weighted by atomic mass is 35.5. The van der Waals surface area contributed by atoms with Crippen LogP contribution < -0.4 is 0 Å². The number of benzene rings is 1. The van der Waals surface area contributed by atoms with Crippen molar-refractivity contribution in [2.45, 2.75) is 10.8 Å². The topological polar surface area (TPSA) is 37.4 Å². The molecule has 2 rings (SSSR count). The van der Waals surface area contributed by atoms with Gasteiger partial charge in [0.1, 0.15) is 10.0 Å². The van der Waals surface area contributed by atoms with Gasteiger partial charge in [-0.15, -0.1) is 11.3 Å². The minimum Gasteiger partial charge on any atom is -0.207 e. The van der Waals surface area contributed by atoms with Gasteiger partial charge >= 0.3 is 0 Å². The summed E-state index contributed by atoms with van der Waals surface area (Å²) in [5.41, 5.74) is 0.718. The number of hydrogen-bond acceptors (Lipinski definition) is 3. The van der Waals surface area contributed by atoms with E-state index >= 15 is 0 Å². The third-order valence-electron chi connectivity index (χ3n) is 2.53. The van der Waals surface area contributed by atoms with Crippen molar-refractivity contribution in [1.29, 1.82) is 0 Å². The summed E-state index contributed by atoms with van der Waals surface area (Å²) < 4.78 is 39.1. The van der Waals surface area contributed by atoms with Crippen LogP contribution in [0.3, 0.4) is 0 Å². The molecule has 0 aliphatic carbocycles. The molecule has 0 amide bonds. The zero-order valence-electron chi connectivity index (χ0n) is 10.0. The second-order valence-electron chi connectivity index (χ2n) is 3.95. The largest absolute Gasteiger partial charge is 0.252 e. The first-order chi connectivity index (χ1) is 8.89. The Morgan fingerprint density at radius 3 is 2.37 bits per heavy atom. The molecule has 0 saturated carbocycles. The van der Waals surface area contributed by atoms with E-state index in [1.165, 1.54) is 29.6 Å². The summed E-state index contributed by atoms with van der Waals surface area (Å²) in [7, 11) is -2.07. The molecule has 0 atom stereocenters. The van der Waals surface area contributed by atoms with Crippen LogP contribution in [0.1, 0.15) is 5.56 Å². The molecule has 7 heteroatoms. The summed E-state index contributed by atoms with van der Waals surface area (Å²) in [6, 6.07) is 8.75. The first-order valence-corrected chi connectivity index (χ1v) is 7.99. The van der Waals surface area contributed by atoms with Crippen molar-refractivity contribution in [3.05, 3.63) is 52.1 Å². The lowest BCUT2D eigenvalue weighted by molar-refractivity contribution is 0.468. The predicted octanol–water partition coefficient (Wildman–Crippen LogP) is 3.36. The molecule has 2 aromatic rings. The Morgan fingerprint density at radius 2 is 1.84 bits per heavy atom. The third-order valence-corrected chi connectivity index (χ3v) is 6.03. The fourth-order valence-electron chi connectivity index (χ4n) is 1.52. The van der Waals surface area contributed by atoms with Gasteiger partial charge in [0.2, 0.25) is 0 Å². The van der Waals surface area contributed by atoms with Crippen LogP contribution in [0.25, 0.3) is 0 Å². The van der Waals surface area contributed by atoms with Crippen molar-refractivity contribution in [2.75, 3.05) is 7.05 Å². The molecule has 1 aromatic carbocycles. The van der Waals surface area contributed by atoms with Crippen molar-refractivity contribution < 1.29 is 12.8 Å². The highest BCUT2D eigenvalue weighted by molar-refractivity contribution is 7.91. The van der Waals surface area contributed by atoms with Crippen LogP contribution in [0.2, 0.25) is 4.34 Å². The Kier molecular flexibility index (Phi) is 4.25. The second-order valence-corrected chi connectivity index (χ2v) is 7.93. The number of rotatable bonds is 4. The normalized spacial score (nSPS) is 12.0. The molecule has 1 heterocycles. The molecule has 0 fully saturated rings. The zero-order chi connectivity index (χ0) is 14.0. The lowest BCUT2D eigenvalue weighted by Gasteiger charge is -2.15. The lowest BCUT2D eigenvalue weighted by atomic mass is 10.2. The number of nitrogens with zero attached hydrogens (tertiary/aromatic N) is 1. The monoisotopic (exact) mass is 319 g/mol. The van der Waals surface area contributed by atoms with Crippen LogP contribution in [0.4, 0.5) is 4.39 Å². The van der Waals surface area contributed by atoms with E-state index < -0.39 is 10.0 Å². The molecule has 0 N–H and O–H groups in total. The molecule has 0 bridgehead atoms. The van der Waals surface area contributed by atoms with Crippen molar-refractivity contribution in [1.82, 2.24) is 4.31 Å². The molecular weight excluding hydrogens is 309 g/mol. The Labute approximate surface area is 120 Å². The molecule has 102 valence electrons. The maximum atomic E-state index is 12.8. The van der Waals surface area contributed by atoms with Crippen LogP contribution in [-0.2, 0) is 16.6 Å². The molecule has 0 spiro atoms. The Hall–Kier alpha value is -0.950. The molecular formula is C12H11ClFNO2S2. The maximum absolute atomic E-state index is 12.8. The fourth-order valence-corrected chi connectivity index (χ4v) is 4.37. The standard InChI is InChI=1S/C12H11ClFNO2S2/c1-15(8-9-2-4-10(14)5-3-9)19(16,17)12-7-6-11(13)18-12/h2-7H,8H2,1H3. The molecule has 19 heavy (non-hydrogen) atoms. The van der Waals surface area contributed by atoms with E-state index in [0.717, 1.165) is 16.9 Å². The number of hydrogen-bond donors (Lipinski definition) is 0. The van der Waals surface area contributed by atoms with Gasteiger partial charge in [-0.2, -0.15) is 4.31 Å². The van der Waals surface area contributed by atoms with E-state index in [9.17, 15) is 12.8 Å². The van der Waals surface area contributed by atoms with Crippen LogP contribution in [0.5, 0.6) is 0 Å². The van der Waals surface area contributed by atoms with Gasteiger partial charge in [0.15, 0.2) is 0 Å². The predicted molar refractivity (Wildman–Crippen MR) is 74.4 cm³/mol. The molecule has 0 unspecified atom stereocenters. The van der Waals surface area contributed by atoms with E-state index in [0.29, 0.717) is 4.34 Å². The van der Waals surface area contributed by atoms with Crippen molar-refractivity contribution >= 4 is 33.0 Å². The number of sulfonamides is 1. The summed E-state index contributed by atoms with van der Waals surface area (Å²) in [6.07, 6.45) is 0. The number of halogens is 2. The summed E-state index contributed by atoms with van der Waals surface area (Å²) in [4.78, 5) is 0. The van der Waals surface area contributed by atoms with Crippen molar-refractivity contribution in [3.63, 3.8) is 0 Å².